The number of nitriles is 1. The molecule has 0 aliphatic heterocycles. The Morgan fingerprint density at radius 2 is 1.71 bits per heavy atom. The van der Waals surface area contributed by atoms with Gasteiger partial charge in [0, 0.05) is 17.8 Å². The van der Waals surface area contributed by atoms with E-state index in [9.17, 15) is 25.0 Å². The van der Waals surface area contributed by atoms with E-state index in [1.54, 1.807) is 48.5 Å². The smallest absolute Gasteiger partial charge is 0.273 e. The molecule has 0 unspecified atom stereocenters. The standard InChI is InChI=1S/C26H18N4O4S/c1-17-7-5-6-10-22(17)28-24(31)21(16-27)26-29(19-8-3-2-4-9-19)25(32)23(35-26)15-18-11-13-20(14-12-18)30(33)34/h2-15H,1H3,(H,28,31)/b23-15+,26-21-. The number of carbonyl (C=O) groups is 1. The fourth-order valence-electron chi connectivity index (χ4n) is 3.40. The fourth-order valence-corrected chi connectivity index (χ4v) is 4.50. The molecule has 0 atom stereocenters. The second kappa shape index (κ2) is 9.99. The number of rotatable bonds is 5. The molecular weight excluding hydrogens is 464 g/mol. The highest BCUT2D eigenvalue weighted by Crippen LogP contribution is 2.15. The highest BCUT2D eigenvalue weighted by molar-refractivity contribution is 7.07. The number of hydrogen-bond donors (Lipinski definition) is 1. The first kappa shape index (κ1) is 23.4. The lowest BCUT2D eigenvalue weighted by Gasteiger charge is -2.08. The Bertz CT molecular complexity index is 1650. The molecule has 0 saturated heterocycles. The predicted octanol–water partition coefficient (Wildman–Crippen LogP) is 3.26. The molecule has 9 heteroatoms. The lowest BCUT2D eigenvalue weighted by Crippen LogP contribution is -2.32. The van der Waals surface area contributed by atoms with E-state index in [1.165, 1.54) is 28.8 Å². The summed E-state index contributed by atoms with van der Waals surface area (Å²) in [6.45, 7) is 1.84. The highest BCUT2D eigenvalue weighted by Gasteiger charge is 2.18. The molecule has 1 heterocycles. The van der Waals surface area contributed by atoms with Crippen LogP contribution >= 0.6 is 11.3 Å². The third-order valence-electron chi connectivity index (χ3n) is 5.19. The van der Waals surface area contributed by atoms with E-state index in [2.05, 4.69) is 5.32 Å². The van der Waals surface area contributed by atoms with Gasteiger partial charge in [-0.05, 0) is 54.5 Å². The molecule has 8 nitrogen and oxygen atoms in total. The minimum Gasteiger partial charge on any atom is -0.321 e. The summed E-state index contributed by atoms with van der Waals surface area (Å²) in [5, 5.41) is 23.6. The summed E-state index contributed by atoms with van der Waals surface area (Å²) < 4.78 is 1.79. The van der Waals surface area contributed by atoms with Crippen molar-refractivity contribution in [3.8, 4) is 11.8 Å². The third-order valence-corrected chi connectivity index (χ3v) is 6.28. The van der Waals surface area contributed by atoms with Crippen LogP contribution in [0.4, 0.5) is 11.4 Å². The Morgan fingerprint density at radius 3 is 2.34 bits per heavy atom. The van der Waals surface area contributed by atoms with Crippen LogP contribution in [-0.2, 0) is 4.79 Å². The van der Waals surface area contributed by atoms with E-state index in [-0.39, 0.29) is 20.5 Å². The molecule has 35 heavy (non-hydrogen) atoms. The van der Waals surface area contributed by atoms with Gasteiger partial charge in [-0.25, -0.2) is 0 Å². The summed E-state index contributed by atoms with van der Waals surface area (Å²) in [6.07, 6.45) is 1.58. The molecule has 0 fully saturated rings. The average Bonchev–Trinajstić information content (AvgIpc) is 3.17. The first-order valence-corrected chi connectivity index (χ1v) is 11.3. The number of para-hydroxylation sites is 2. The van der Waals surface area contributed by atoms with Gasteiger partial charge in [0.2, 0.25) is 0 Å². The van der Waals surface area contributed by atoms with Gasteiger partial charge in [-0.2, -0.15) is 5.26 Å². The molecule has 4 rings (SSSR count). The molecule has 3 aromatic carbocycles. The van der Waals surface area contributed by atoms with E-state index in [0.717, 1.165) is 16.9 Å². The molecule has 0 spiro atoms. The summed E-state index contributed by atoms with van der Waals surface area (Å²) in [5.41, 5.74) is 1.79. The van der Waals surface area contributed by atoms with Gasteiger partial charge in [0.1, 0.15) is 10.7 Å². The number of nitro benzene ring substituents is 1. The van der Waals surface area contributed by atoms with Crippen molar-refractivity contribution >= 4 is 40.3 Å². The number of aryl methyl sites for hydroxylation is 1. The number of aromatic nitrogens is 1. The van der Waals surface area contributed by atoms with Crippen LogP contribution < -0.4 is 20.1 Å². The number of non-ortho nitro benzene ring substituents is 1. The number of nitrogens with zero attached hydrogens (tertiary/aromatic N) is 3. The number of amides is 1. The second-order valence-corrected chi connectivity index (χ2v) is 8.53. The topological polar surface area (TPSA) is 118 Å². The molecule has 172 valence electrons. The number of nitrogens with one attached hydrogen (secondary N) is 1. The van der Waals surface area contributed by atoms with Gasteiger partial charge in [-0.1, -0.05) is 36.4 Å². The molecule has 4 aromatic rings. The van der Waals surface area contributed by atoms with Crippen LogP contribution in [0.3, 0.4) is 0 Å². The minimum absolute atomic E-state index is 0.0660. The van der Waals surface area contributed by atoms with Gasteiger partial charge in [0.05, 0.1) is 15.1 Å². The summed E-state index contributed by atoms with van der Waals surface area (Å²) >= 11 is 1.00. The molecular formula is C26H18N4O4S. The van der Waals surface area contributed by atoms with Crippen molar-refractivity contribution in [2.45, 2.75) is 6.92 Å². The van der Waals surface area contributed by atoms with Crippen LogP contribution in [0, 0.1) is 28.4 Å². The molecule has 0 aliphatic rings. The monoisotopic (exact) mass is 482 g/mol. The zero-order valence-corrected chi connectivity index (χ0v) is 19.3. The molecule has 0 aliphatic carbocycles. The molecule has 0 radical (unpaired) electrons. The van der Waals surface area contributed by atoms with Gasteiger partial charge in [-0.3, -0.25) is 24.3 Å². The summed E-state index contributed by atoms with van der Waals surface area (Å²) in [7, 11) is 0. The Balaban J connectivity index is 1.93. The maximum Gasteiger partial charge on any atom is 0.273 e. The molecule has 1 N–H and O–H groups in total. The summed E-state index contributed by atoms with van der Waals surface area (Å²) in [6, 6.07) is 23.6. The van der Waals surface area contributed by atoms with Crippen molar-refractivity contribution in [3.05, 3.63) is 120 Å². The van der Waals surface area contributed by atoms with Gasteiger partial charge in [0.25, 0.3) is 17.2 Å². The van der Waals surface area contributed by atoms with E-state index in [1.807, 2.05) is 25.1 Å². The lowest BCUT2D eigenvalue weighted by atomic mass is 10.2. The van der Waals surface area contributed by atoms with Gasteiger partial charge >= 0.3 is 0 Å². The van der Waals surface area contributed by atoms with Crippen LogP contribution in [0.5, 0.6) is 0 Å². The van der Waals surface area contributed by atoms with Crippen LogP contribution in [0.25, 0.3) is 17.3 Å². The van der Waals surface area contributed by atoms with Crippen molar-refractivity contribution in [2.75, 3.05) is 5.32 Å². The SMILES string of the molecule is Cc1ccccc1NC(=O)/C(C#N)=c1\s/c(=C/c2ccc([N+](=O)[O-])cc2)c(=O)n1-c1ccccc1. The van der Waals surface area contributed by atoms with Crippen molar-refractivity contribution in [3.63, 3.8) is 0 Å². The van der Waals surface area contributed by atoms with Crippen molar-refractivity contribution in [1.82, 2.24) is 4.57 Å². The van der Waals surface area contributed by atoms with Crippen LogP contribution in [0.15, 0.2) is 83.7 Å². The maximum atomic E-state index is 13.4. The number of carbonyl (C=O) groups excluding carboxylic acids is 1. The van der Waals surface area contributed by atoms with E-state index >= 15 is 0 Å². The molecule has 1 aromatic heterocycles. The molecule has 1 amide bonds. The highest BCUT2D eigenvalue weighted by atomic mass is 32.1. The first-order chi connectivity index (χ1) is 16.9. The minimum atomic E-state index is -0.630. The van der Waals surface area contributed by atoms with Crippen molar-refractivity contribution in [1.29, 1.82) is 5.26 Å². The summed E-state index contributed by atoms with van der Waals surface area (Å²) in [5.74, 6) is -0.630. The number of thiazole rings is 1. The van der Waals surface area contributed by atoms with E-state index in [0.29, 0.717) is 16.9 Å². The third kappa shape index (κ3) is 4.93. The average molecular weight is 483 g/mol. The largest absolute Gasteiger partial charge is 0.321 e. The van der Waals surface area contributed by atoms with E-state index < -0.39 is 16.4 Å². The lowest BCUT2D eigenvalue weighted by molar-refractivity contribution is -0.384. The number of hydrogen-bond acceptors (Lipinski definition) is 6. The Kier molecular flexibility index (Phi) is 6.66. The van der Waals surface area contributed by atoms with Crippen molar-refractivity contribution < 1.29 is 9.72 Å². The fraction of sp³-hybridized carbons (Fsp3) is 0.0385. The molecule has 0 saturated carbocycles. The quantitative estimate of drug-likeness (QED) is 0.346. The van der Waals surface area contributed by atoms with Crippen LogP contribution in [0.1, 0.15) is 11.1 Å². The van der Waals surface area contributed by atoms with Gasteiger partial charge < -0.3 is 5.32 Å². The molecule has 0 bridgehead atoms. The number of anilines is 1. The maximum absolute atomic E-state index is 13.4. The Morgan fingerprint density at radius 1 is 1.06 bits per heavy atom. The Labute approximate surface area is 203 Å². The van der Waals surface area contributed by atoms with Gasteiger partial charge in [-0.15, -0.1) is 11.3 Å². The number of nitro groups is 1. The predicted molar refractivity (Wildman–Crippen MR) is 135 cm³/mol. The van der Waals surface area contributed by atoms with Gasteiger partial charge in [0.15, 0.2) is 5.57 Å². The van der Waals surface area contributed by atoms with Crippen LogP contribution in [0.2, 0.25) is 0 Å². The Hall–Kier alpha value is -4.81. The first-order valence-electron chi connectivity index (χ1n) is 10.4. The van der Waals surface area contributed by atoms with E-state index in [4.69, 9.17) is 0 Å². The normalized spacial score (nSPS) is 12.1. The zero-order chi connectivity index (χ0) is 24.9. The second-order valence-electron chi connectivity index (χ2n) is 7.50. The summed E-state index contributed by atoms with van der Waals surface area (Å²) in [4.78, 5) is 36.9. The van der Waals surface area contributed by atoms with Crippen LogP contribution in [-0.4, -0.2) is 15.4 Å². The van der Waals surface area contributed by atoms with Crippen molar-refractivity contribution in [2.24, 2.45) is 0 Å². The zero-order valence-electron chi connectivity index (χ0n) is 18.5. The number of benzene rings is 3.